The van der Waals surface area contributed by atoms with Gasteiger partial charge in [-0.05, 0) is 24.8 Å². The second kappa shape index (κ2) is 8.50. The molecule has 5 unspecified atom stereocenters. The van der Waals surface area contributed by atoms with E-state index < -0.39 is 10.8 Å². The summed E-state index contributed by atoms with van der Waals surface area (Å²) in [6, 6.07) is 1.23. The highest BCUT2D eigenvalue weighted by atomic mass is 32.2. The summed E-state index contributed by atoms with van der Waals surface area (Å²) in [5.41, 5.74) is 0. The Kier molecular flexibility index (Phi) is 7.70. The fourth-order valence-electron chi connectivity index (χ4n) is 2.95. The average molecular weight is 303 g/mol. The predicted molar refractivity (Wildman–Crippen MR) is 89.6 cm³/mol. The first kappa shape index (κ1) is 18.1. The molecular formula is C16H34N2OS. The third-order valence-electron chi connectivity index (χ3n) is 4.98. The van der Waals surface area contributed by atoms with Crippen LogP contribution in [0.4, 0.5) is 0 Å². The number of hydrogen-bond acceptors (Lipinski definition) is 3. The van der Waals surface area contributed by atoms with E-state index in [2.05, 4.69) is 44.8 Å². The van der Waals surface area contributed by atoms with Gasteiger partial charge in [0.25, 0.3) is 0 Å². The van der Waals surface area contributed by atoms with E-state index in [9.17, 15) is 4.21 Å². The largest absolute Gasteiger partial charge is 0.311 e. The molecule has 4 heteroatoms. The van der Waals surface area contributed by atoms with E-state index in [4.69, 9.17) is 0 Å². The highest BCUT2D eigenvalue weighted by Crippen LogP contribution is 2.20. The van der Waals surface area contributed by atoms with Crippen LogP contribution in [-0.2, 0) is 10.8 Å². The minimum Gasteiger partial charge on any atom is -0.311 e. The molecule has 5 atom stereocenters. The van der Waals surface area contributed by atoms with E-state index in [0.717, 1.165) is 32.0 Å². The molecule has 1 aliphatic rings. The van der Waals surface area contributed by atoms with Crippen LogP contribution in [0.5, 0.6) is 0 Å². The highest BCUT2D eigenvalue weighted by Gasteiger charge is 2.31. The van der Waals surface area contributed by atoms with Gasteiger partial charge in [0, 0.05) is 47.5 Å². The van der Waals surface area contributed by atoms with Crippen LogP contribution in [0.25, 0.3) is 0 Å². The van der Waals surface area contributed by atoms with E-state index >= 15 is 0 Å². The molecule has 0 amide bonds. The number of piperazine rings is 1. The summed E-state index contributed by atoms with van der Waals surface area (Å²) in [6.07, 6.45) is 4.09. The van der Waals surface area contributed by atoms with Gasteiger partial charge in [-0.25, -0.2) is 0 Å². The lowest BCUT2D eigenvalue weighted by Gasteiger charge is -2.44. The van der Waals surface area contributed by atoms with Crippen molar-refractivity contribution < 1.29 is 4.21 Å². The maximum absolute atomic E-state index is 11.5. The van der Waals surface area contributed by atoms with Gasteiger partial charge < -0.3 is 5.32 Å². The topological polar surface area (TPSA) is 32.3 Å². The molecule has 1 saturated heterocycles. The Morgan fingerprint density at radius 2 is 1.95 bits per heavy atom. The van der Waals surface area contributed by atoms with Gasteiger partial charge in [0.15, 0.2) is 0 Å². The maximum atomic E-state index is 11.5. The Hall–Kier alpha value is 0.0700. The summed E-state index contributed by atoms with van der Waals surface area (Å²) in [7, 11) is -0.698. The Bertz CT molecular complexity index is 309. The molecular weight excluding hydrogens is 268 g/mol. The van der Waals surface area contributed by atoms with Crippen LogP contribution in [0, 0.1) is 11.8 Å². The lowest BCUT2D eigenvalue weighted by atomic mass is 9.92. The minimum atomic E-state index is -0.698. The standard InChI is InChI=1S/C16H34N2OS/c1-7-13(4)15-11-18(9-8-14(5)20(6)19)16(10-17-15)12(2)3/h12-17H,7-11H2,1-6H3. The Balaban J connectivity index is 2.61. The van der Waals surface area contributed by atoms with Gasteiger partial charge in [-0.15, -0.1) is 0 Å². The fraction of sp³-hybridized carbons (Fsp3) is 1.00. The minimum absolute atomic E-state index is 0.305. The summed E-state index contributed by atoms with van der Waals surface area (Å²) < 4.78 is 11.5. The highest BCUT2D eigenvalue weighted by molar-refractivity contribution is 7.84. The molecule has 0 aromatic carbocycles. The molecule has 0 spiro atoms. The van der Waals surface area contributed by atoms with Crippen molar-refractivity contribution in [3.05, 3.63) is 0 Å². The molecule has 1 heterocycles. The van der Waals surface area contributed by atoms with Crippen molar-refractivity contribution >= 4 is 10.8 Å². The molecule has 120 valence electrons. The fourth-order valence-corrected chi connectivity index (χ4v) is 3.38. The Labute approximate surface area is 128 Å². The zero-order valence-corrected chi connectivity index (χ0v) is 15.0. The average Bonchev–Trinajstić information content (AvgIpc) is 2.43. The van der Waals surface area contributed by atoms with E-state index in [0.29, 0.717) is 23.3 Å². The van der Waals surface area contributed by atoms with Crippen molar-refractivity contribution in [3.63, 3.8) is 0 Å². The molecule has 1 N–H and O–H groups in total. The van der Waals surface area contributed by atoms with Gasteiger partial charge in [-0.2, -0.15) is 0 Å². The van der Waals surface area contributed by atoms with Crippen molar-refractivity contribution in [3.8, 4) is 0 Å². The van der Waals surface area contributed by atoms with Crippen molar-refractivity contribution in [2.24, 2.45) is 11.8 Å². The molecule has 1 rings (SSSR count). The quantitative estimate of drug-likeness (QED) is 0.784. The van der Waals surface area contributed by atoms with E-state index in [1.165, 1.54) is 6.42 Å². The van der Waals surface area contributed by atoms with Crippen LogP contribution >= 0.6 is 0 Å². The van der Waals surface area contributed by atoms with Crippen LogP contribution in [0.1, 0.15) is 47.5 Å². The normalized spacial score (nSPS) is 29.4. The van der Waals surface area contributed by atoms with Crippen LogP contribution in [-0.4, -0.2) is 52.3 Å². The second-order valence-corrected chi connectivity index (χ2v) is 8.61. The molecule has 0 radical (unpaired) electrons. The van der Waals surface area contributed by atoms with Gasteiger partial charge >= 0.3 is 0 Å². The Morgan fingerprint density at radius 3 is 2.45 bits per heavy atom. The molecule has 1 aliphatic heterocycles. The van der Waals surface area contributed by atoms with E-state index in [1.807, 2.05) is 6.26 Å². The van der Waals surface area contributed by atoms with Gasteiger partial charge in [0.1, 0.15) is 0 Å². The van der Waals surface area contributed by atoms with Crippen molar-refractivity contribution in [1.82, 2.24) is 10.2 Å². The summed E-state index contributed by atoms with van der Waals surface area (Å²) in [5.74, 6) is 1.39. The molecule has 0 bridgehead atoms. The third kappa shape index (κ3) is 5.12. The van der Waals surface area contributed by atoms with Crippen LogP contribution in [0.3, 0.4) is 0 Å². The summed E-state index contributed by atoms with van der Waals surface area (Å²) in [6.45, 7) is 14.7. The van der Waals surface area contributed by atoms with Gasteiger partial charge in [0.2, 0.25) is 0 Å². The predicted octanol–water partition coefficient (Wildman–Crippen LogP) is 2.49. The zero-order valence-electron chi connectivity index (χ0n) is 14.2. The number of nitrogens with one attached hydrogen (secondary N) is 1. The van der Waals surface area contributed by atoms with Crippen molar-refractivity contribution in [1.29, 1.82) is 0 Å². The van der Waals surface area contributed by atoms with Crippen molar-refractivity contribution in [2.45, 2.75) is 64.8 Å². The lowest BCUT2D eigenvalue weighted by molar-refractivity contribution is 0.0810. The monoisotopic (exact) mass is 302 g/mol. The van der Waals surface area contributed by atoms with Crippen molar-refractivity contribution in [2.75, 3.05) is 25.9 Å². The first-order chi connectivity index (χ1) is 9.36. The zero-order chi connectivity index (χ0) is 15.3. The molecule has 0 aromatic heterocycles. The third-order valence-corrected chi connectivity index (χ3v) is 6.35. The van der Waals surface area contributed by atoms with Crippen LogP contribution < -0.4 is 5.32 Å². The molecule has 0 aromatic rings. The number of hydrogen-bond donors (Lipinski definition) is 1. The van der Waals surface area contributed by atoms with Gasteiger partial charge in [-0.3, -0.25) is 9.11 Å². The van der Waals surface area contributed by atoms with E-state index in [-0.39, 0.29) is 0 Å². The van der Waals surface area contributed by atoms with Gasteiger partial charge in [-0.1, -0.05) is 41.0 Å². The smallest absolute Gasteiger partial charge is 0.0329 e. The summed E-state index contributed by atoms with van der Waals surface area (Å²) >= 11 is 0. The first-order valence-electron chi connectivity index (χ1n) is 8.16. The number of nitrogens with zero attached hydrogens (tertiary/aromatic N) is 1. The first-order valence-corrected chi connectivity index (χ1v) is 9.78. The summed E-state index contributed by atoms with van der Waals surface area (Å²) in [4.78, 5) is 2.64. The molecule has 0 saturated carbocycles. The number of rotatable bonds is 7. The van der Waals surface area contributed by atoms with E-state index in [1.54, 1.807) is 0 Å². The Morgan fingerprint density at radius 1 is 1.30 bits per heavy atom. The SMILES string of the molecule is CCC(C)C1CN(CCC(C)S(C)=O)C(C(C)C)CN1. The molecule has 3 nitrogen and oxygen atoms in total. The second-order valence-electron chi connectivity index (χ2n) is 6.80. The molecule has 1 fully saturated rings. The molecule has 20 heavy (non-hydrogen) atoms. The lowest BCUT2D eigenvalue weighted by Crippen LogP contribution is -2.60. The summed E-state index contributed by atoms with van der Waals surface area (Å²) in [5, 5.41) is 4.05. The van der Waals surface area contributed by atoms with Crippen LogP contribution in [0.2, 0.25) is 0 Å². The maximum Gasteiger partial charge on any atom is 0.0329 e. The van der Waals surface area contributed by atoms with Gasteiger partial charge in [0.05, 0.1) is 0 Å². The van der Waals surface area contributed by atoms with Crippen LogP contribution in [0.15, 0.2) is 0 Å². The molecule has 0 aliphatic carbocycles.